The molecule has 0 unspecified atom stereocenters. The summed E-state index contributed by atoms with van der Waals surface area (Å²) in [4.78, 5) is 17.4. The maximum atomic E-state index is 12.5. The molecule has 8 heteroatoms. The zero-order valence-electron chi connectivity index (χ0n) is 16.6. The molecule has 0 fully saturated rings. The summed E-state index contributed by atoms with van der Waals surface area (Å²) in [5.41, 5.74) is 1.35. The number of para-hydroxylation sites is 1. The Labute approximate surface area is 183 Å². The van der Waals surface area contributed by atoms with Crippen LogP contribution in [0.15, 0.2) is 63.7 Å². The summed E-state index contributed by atoms with van der Waals surface area (Å²) in [7, 11) is 3.01. The fraction of sp³-hybridized carbons (Fsp3) is 0.182. The monoisotopic (exact) mass is 445 g/mol. The summed E-state index contributed by atoms with van der Waals surface area (Å²) in [6.07, 6.45) is 1.70. The molecule has 1 heterocycles. The van der Waals surface area contributed by atoms with Crippen LogP contribution >= 0.6 is 23.4 Å². The van der Waals surface area contributed by atoms with Crippen molar-refractivity contribution in [1.82, 2.24) is 0 Å². The number of aliphatic hydroxyl groups is 1. The molecule has 2 aromatic rings. The fourth-order valence-corrected chi connectivity index (χ4v) is 4.12. The van der Waals surface area contributed by atoms with Crippen molar-refractivity contribution in [1.29, 1.82) is 0 Å². The van der Waals surface area contributed by atoms with Gasteiger partial charge >= 0.3 is 5.97 Å². The van der Waals surface area contributed by atoms with Crippen LogP contribution in [0.4, 0.5) is 5.69 Å². The van der Waals surface area contributed by atoms with Gasteiger partial charge in [-0.25, -0.2) is 9.79 Å². The zero-order chi connectivity index (χ0) is 21.7. The Morgan fingerprint density at radius 2 is 1.93 bits per heavy atom. The summed E-state index contributed by atoms with van der Waals surface area (Å²) in [5, 5.41) is 11.5. The number of hydrogen-bond acceptors (Lipinski definition) is 7. The molecule has 0 aliphatic carbocycles. The number of ether oxygens (including phenoxy) is 3. The van der Waals surface area contributed by atoms with Crippen molar-refractivity contribution in [2.24, 2.45) is 4.99 Å². The number of carbonyl (C=O) groups is 1. The van der Waals surface area contributed by atoms with Gasteiger partial charge in [0.25, 0.3) is 0 Å². The second kappa shape index (κ2) is 9.73. The molecule has 6 nitrogen and oxygen atoms in total. The van der Waals surface area contributed by atoms with Crippen LogP contribution in [0.2, 0.25) is 5.02 Å². The quantitative estimate of drug-likeness (QED) is 0.587. The third-order valence-electron chi connectivity index (χ3n) is 4.11. The predicted octanol–water partition coefficient (Wildman–Crippen LogP) is 5.55. The molecule has 0 aromatic heterocycles. The molecular formula is C22H20ClNO5S. The number of halogens is 1. The van der Waals surface area contributed by atoms with Crippen molar-refractivity contribution in [2.45, 2.75) is 6.92 Å². The standard InChI is InChI=1S/C22H20ClNO5S/c1-4-29-22(26)18-19(25)17(30-21(18)24-14-8-6-5-7-9-14)12-13-10-15(23)20(28-3)16(11-13)27-2/h5-12,25H,4H2,1-3H3/b17-12-,24-21?. The number of carbonyl (C=O) groups excluding carboxylic acids is 1. The van der Waals surface area contributed by atoms with Gasteiger partial charge in [-0.15, -0.1) is 0 Å². The molecular weight excluding hydrogens is 426 g/mol. The molecule has 1 aliphatic rings. The van der Waals surface area contributed by atoms with E-state index in [0.717, 1.165) is 0 Å². The highest BCUT2D eigenvalue weighted by Gasteiger charge is 2.33. The van der Waals surface area contributed by atoms with E-state index in [4.69, 9.17) is 25.8 Å². The Balaban J connectivity index is 2.07. The molecule has 0 atom stereocenters. The van der Waals surface area contributed by atoms with E-state index in [2.05, 4.69) is 4.99 Å². The molecule has 0 saturated carbocycles. The molecule has 2 aromatic carbocycles. The summed E-state index contributed by atoms with van der Waals surface area (Å²) in [5.74, 6) is 0.0377. The Morgan fingerprint density at radius 1 is 1.20 bits per heavy atom. The topological polar surface area (TPSA) is 77.4 Å². The van der Waals surface area contributed by atoms with E-state index < -0.39 is 5.97 Å². The molecule has 30 heavy (non-hydrogen) atoms. The summed E-state index contributed by atoms with van der Waals surface area (Å²) in [6, 6.07) is 12.6. The molecule has 0 bridgehead atoms. The van der Waals surface area contributed by atoms with Gasteiger partial charge in [-0.05, 0) is 42.8 Å². The predicted molar refractivity (Wildman–Crippen MR) is 120 cm³/mol. The highest BCUT2D eigenvalue weighted by molar-refractivity contribution is 8.18. The first-order valence-electron chi connectivity index (χ1n) is 9.04. The van der Waals surface area contributed by atoms with E-state index in [0.29, 0.717) is 37.7 Å². The minimum absolute atomic E-state index is 0.0310. The van der Waals surface area contributed by atoms with Crippen molar-refractivity contribution in [3.05, 3.63) is 69.3 Å². The minimum Gasteiger partial charge on any atom is -0.506 e. The van der Waals surface area contributed by atoms with Crippen LogP contribution in [-0.2, 0) is 9.53 Å². The molecule has 0 spiro atoms. The second-order valence-corrected chi connectivity index (χ2v) is 7.48. The van der Waals surface area contributed by atoms with E-state index in [1.165, 1.54) is 26.0 Å². The van der Waals surface area contributed by atoms with Crippen LogP contribution in [0, 0.1) is 0 Å². The molecule has 1 N–H and O–H groups in total. The Hall–Kier alpha value is -2.90. The van der Waals surface area contributed by atoms with Crippen LogP contribution in [-0.4, -0.2) is 36.9 Å². The van der Waals surface area contributed by atoms with Gasteiger partial charge in [-0.3, -0.25) is 0 Å². The van der Waals surface area contributed by atoms with Crippen molar-refractivity contribution in [3.8, 4) is 11.5 Å². The van der Waals surface area contributed by atoms with Crippen LogP contribution in [0.25, 0.3) is 6.08 Å². The van der Waals surface area contributed by atoms with Gasteiger partial charge in [0.15, 0.2) is 11.5 Å². The van der Waals surface area contributed by atoms with Crippen LogP contribution in [0.5, 0.6) is 11.5 Å². The number of methoxy groups -OCH3 is 2. The number of esters is 1. The van der Waals surface area contributed by atoms with E-state index in [-0.39, 0.29) is 17.9 Å². The normalized spacial score (nSPS) is 16.3. The Bertz CT molecular complexity index is 1050. The largest absolute Gasteiger partial charge is 0.506 e. The van der Waals surface area contributed by atoms with Gasteiger partial charge in [0.2, 0.25) is 0 Å². The fourth-order valence-electron chi connectivity index (χ4n) is 2.78. The van der Waals surface area contributed by atoms with Crippen molar-refractivity contribution >= 4 is 46.1 Å². The summed E-state index contributed by atoms with van der Waals surface area (Å²) < 4.78 is 15.7. The van der Waals surface area contributed by atoms with Crippen LogP contribution < -0.4 is 9.47 Å². The molecule has 0 radical (unpaired) electrons. The highest BCUT2D eigenvalue weighted by atomic mass is 35.5. The lowest BCUT2D eigenvalue weighted by Crippen LogP contribution is -2.12. The first-order chi connectivity index (χ1) is 14.5. The van der Waals surface area contributed by atoms with Crippen molar-refractivity contribution in [2.75, 3.05) is 20.8 Å². The minimum atomic E-state index is -0.633. The zero-order valence-corrected chi connectivity index (χ0v) is 18.2. The van der Waals surface area contributed by atoms with Gasteiger partial charge in [0.1, 0.15) is 16.4 Å². The van der Waals surface area contributed by atoms with Crippen molar-refractivity contribution in [3.63, 3.8) is 0 Å². The van der Waals surface area contributed by atoms with E-state index in [9.17, 15) is 9.90 Å². The number of hydrogen-bond donors (Lipinski definition) is 1. The van der Waals surface area contributed by atoms with Gasteiger partial charge in [-0.1, -0.05) is 41.6 Å². The van der Waals surface area contributed by atoms with Gasteiger partial charge in [-0.2, -0.15) is 0 Å². The molecule has 0 amide bonds. The van der Waals surface area contributed by atoms with Crippen LogP contribution in [0.3, 0.4) is 0 Å². The van der Waals surface area contributed by atoms with Crippen molar-refractivity contribution < 1.29 is 24.1 Å². The van der Waals surface area contributed by atoms with Gasteiger partial charge in [0, 0.05) is 0 Å². The first-order valence-corrected chi connectivity index (χ1v) is 10.2. The lowest BCUT2D eigenvalue weighted by molar-refractivity contribution is -0.138. The summed E-state index contributed by atoms with van der Waals surface area (Å²) >= 11 is 7.45. The average Bonchev–Trinajstić information content (AvgIpc) is 3.03. The Kier molecular flexibility index (Phi) is 7.07. The molecule has 156 valence electrons. The smallest absolute Gasteiger partial charge is 0.344 e. The maximum Gasteiger partial charge on any atom is 0.344 e. The van der Waals surface area contributed by atoms with Gasteiger partial charge < -0.3 is 19.3 Å². The number of nitrogens with zero attached hydrogens (tertiary/aromatic N) is 1. The Morgan fingerprint density at radius 3 is 2.57 bits per heavy atom. The number of aliphatic imine (C=N–C) groups is 1. The van der Waals surface area contributed by atoms with Crippen LogP contribution in [0.1, 0.15) is 12.5 Å². The van der Waals surface area contributed by atoms with E-state index in [1.54, 1.807) is 25.1 Å². The number of aliphatic hydroxyl groups excluding tert-OH is 1. The number of rotatable bonds is 6. The van der Waals surface area contributed by atoms with E-state index >= 15 is 0 Å². The maximum absolute atomic E-state index is 12.5. The molecule has 0 saturated heterocycles. The average molecular weight is 446 g/mol. The lowest BCUT2D eigenvalue weighted by atomic mass is 10.1. The second-order valence-electron chi connectivity index (χ2n) is 6.05. The molecule has 1 aliphatic heterocycles. The van der Waals surface area contributed by atoms with Gasteiger partial charge in [0.05, 0.1) is 36.4 Å². The first kappa shape index (κ1) is 21.8. The number of thioether (sulfide) groups is 1. The lowest BCUT2D eigenvalue weighted by Gasteiger charge is -2.10. The third kappa shape index (κ3) is 4.63. The molecule has 3 rings (SSSR count). The highest BCUT2D eigenvalue weighted by Crippen LogP contribution is 2.42. The number of benzene rings is 2. The SMILES string of the molecule is CCOC(=O)C1=C(O)/C(=C/c2cc(Cl)c(OC)c(OC)c2)SC1=Nc1ccccc1. The van der Waals surface area contributed by atoms with E-state index in [1.807, 2.05) is 30.3 Å². The third-order valence-corrected chi connectivity index (χ3v) is 5.41. The summed E-state index contributed by atoms with van der Waals surface area (Å²) in [6.45, 7) is 1.89.